The highest BCUT2D eigenvalue weighted by Crippen LogP contribution is 2.49. The summed E-state index contributed by atoms with van der Waals surface area (Å²) >= 11 is 7.69. The lowest BCUT2D eigenvalue weighted by Crippen LogP contribution is -2.63. The minimum absolute atomic E-state index is 0.00373. The van der Waals surface area contributed by atoms with E-state index in [1.807, 2.05) is 25.2 Å². The maximum atomic E-state index is 14.4. The van der Waals surface area contributed by atoms with Gasteiger partial charge in [-0.2, -0.15) is 0 Å². The Hall–Kier alpha value is -7.98. The summed E-state index contributed by atoms with van der Waals surface area (Å²) in [6, 6.07) is 6.76. The summed E-state index contributed by atoms with van der Waals surface area (Å²) in [5.41, 5.74) is -0.831. The van der Waals surface area contributed by atoms with Crippen LogP contribution in [-0.2, 0) is 65.4 Å². The van der Waals surface area contributed by atoms with Crippen LogP contribution in [0.25, 0.3) is 0 Å². The number of carbonyl (C=O) groups is 10. The first kappa shape index (κ1) is 71.5. The number of hydrogen-bond donors (Lipinski definition) is 4. The van der Waals surface area contributed by atoms with Gasteiger partial charge in [-0.15, -0.1) is 0 Å². The first-order chi connectivity index (χ1) is 43.7. The zero-order valence-electron chi connectivity index (χ0n) is 53.5. The van der Waals surface area contributed by atoms with E-state index in [4.69, 9.17) is 44.8 Å². The molecule has 0 aromatic heterocycles. The van der Waals surface area contributed by atoms with Crippen LogP contribution in [0.2, 0.25) is 5.02 Å². The molecule has 5 aliphatic rings. The van der Waals surface area contributed by atoms with Crippen molar-refractivity contribution < 1.29 is 86.2 Å². The summed E-state index contributed by atoms with van der Waals surface area (Å²) in [4.78, 5) is 139. The number of anilines is 2. The van der Waals surface area contributed by atoms with E-state index in [9.17, 15) is 53.1 Å². The Labute approximate surface area is 544 Å². The highest BCUT2D eigenvalue weighted by Gasteiger charge is 2.64. The maximum Gasteiger partial charge on any atom is 0.412 e. The minimum atomic E-state index is -1.91. The topological polar surface area (TPSA) is 311 Å². The van der Waals surface area contributed by atoms with Crippen LogP contribution in [0.15, 0.2) is 78.4 Å². The summed E-state index contributed by atoms with van der Waals surface area (Å²) < 4.78 is 40.7. The molecule has 500 valence electrons. The Kier molecular flexibility index (Phi) is 24.9. The number of fused-ring (bicyclic) bond motifs is 5. The van der Waals surface area contributed by atoms with Gasteiger partial charge in [0.2, 0.25) is 11.8 Å². The second-order valence-corrected chi connectivity index (χ2v) is 25.0. The Morgan fingerprint density at radius 1 is 0.967 bits per heavy atom. The van der Waals surface area contributed by atoms with Crippen molar-refractivity contribution >= 4 is 93.8 Å². The molecule has 0 saturated carbocycles. The first-order valence-electron chi connectivity index (χ1n) is 30.4. The molecule has 9 amide bonds. The lowest BCUT2D eigenvalue weighted by Gasteiger charge is -2.42. The highest BCUT2D eigenvalue weighted by atomic mass is 35.5. The molecule has 0 radical (unpaired) electrons. The Bertz CT molecular complexity index is 3230. The van der Waals surface area contributed by atoms with Gasteiger partial charge in [0, 0.05) is 98.1 Å². The van der Waals surface area contributed by atoms with Crippen LogP contribution in [-0.4, -0.2) is 206 Å². The molecule has 4 aliphatic heterocycles. The van der Waals surface area contributed by atoms with Gasteiger partial charge in [-0.1, -0.05) is 72.7 Å². The maximum absolute atomic E-state index is 14.4. The summed E-state index contributed by atoms with van der Waals surface area (Å²) in [6.45, 7) is 6.38. The number of rotatable bonds is 19. The molecule has 28 heteroatoms. The zero-order chi connectivity index (χ0) is 67.2. The van der Waals surface area contributed by atoms with Crippen molar-refractivity contribution in [2.24, 2.45) is 5.92 Å². The molecule has 2 saturated heterocycles. The lowest BCUT2D eigenvalue weighted by molar-refractivity contribution is -0.162. The second kappa shape index (κ2) is 32.0. The van der Waals surface area contributed by atoms with Gasteiger partial charge in [0.1, 0.15) is 53.4 Å². The number of epoxide rings is 1. The minimum Gasteiger partial charge on any atom is -0.495 e. The van der Waals surface area contributed by atoms with Crippen molar-refractivity contribution in [3.63, 3.8) is 0 Å². The van der Waals surface area contributed by atoms with E-state index >= 15 is 0 Å². The predicted octanol–water partition coefficient (Wildman–Crippen LogP) is 7.05. The van der Waals surface area contributed by atoms with E-state index in [-0.39, 0.29) is 67.7 Å². The van der Waals surface area contributed by atoms with Gasteiger partial charge in [0.25, 0.3) is 23.0 Å². The number of hydrogen-bond acceptors (Lipinski definition) is 19. The van der Waals surface area contributed by atoms with Crippen LogP contribution in [0.4, 0.5) is 30.6 Å². The van der Waals surface area contributed by atoms with E-state index < -0.39 is 119 Å². The quantitative estimate of drug-likeness (QED) is 0.0360. The second-order valence-electron chi connectivity index (χ2n) is 23.6. The molecule has 2 fully saturated rings. The number of likely N-dealkylation sites (N-methyl/N-ethyl adjacent to an activating group) is 3. The first-order valence-corrected chi connectivity index (χ1v) is 31.7. The standard InChI is InChI=1S/C64H83ClN8O18S/c1-38-17-16-20-49(86-10)64(84)36-48(89-60(81)68-64)39(2)56-63(4,91-56)50(35-54(77)72(8)46-33-42(31-38)34-47(85-9)55(46)65)90-58(79)40(3)71(7)51(74)25-30-92-62(83)70(6)29-28-69(5)61(82)87-37-41-21-22-45(67-59(80)88-43-18-14-12-11-13-15-19-43)44(32-41)57(78)66-26-27-73-52(75)23-24-53(73)76/h14,16-18,20-24,32-34,39-40,43,48-50,56,84H,11-13,15,19,25-31,35-37H2,1-10H3,(H,66,78)(H,67,80)(H,68,81)/b18-14+,20-16+,38-17+/t39-,40+,43?,48+,49-,50+,56?,63+,64+/m1/s1. The number of halogens is 1. The van der Waals surface area contributed by atoms with Gasteiger partial charge >= 0.3 is 24.2 Å². The van der Waals surface area contributed by atoms with Crippen molar-refractivity contribution in [3.8, 4) is 5.75 Å². The third-order valence-corrected chi connectivity index (χ3v) is 18.2. The van der Waals surface area contributed by atoms with E-state index in [0.717, 1.165) is 65.6 Å². The van der Waals surface area contributed by atoms with E-state index in [2.05, 4.69) is 16.0 Å². The van der Waals surface area contributed by atoms with Gasteiger partial charge in [-0.25, -0.2) is 19.2 Å². The fourth-order valence-corrected chi connectivity index (χ4v) is 12.1. The molecule has 4 heterocycles. The smallest absolute Gasteiger partial charge is 0.412 e. The number of ether oxygens (including phenoxy) is 7. The van der Waals surface area contributed by atoms with Crippen molar-refractivity contribution in [1.82, 2.24) is 30.2 Å². The molecule has 1 aliphatic carbocycles. The number of benzene rings is 2. The molecule has 92 heavy (non-hydrogen) atoms. The predicted molar refractivity (Wildman–Crippen MR) is 340 cm³/mol. The summed E-state index contributed by atoms with van der Waals surface area (Å²) in [6.07, 6.45) is 8.48. The SMILES string of the molecule is COc1cc2cc(c1Cl)N(C)C(=O)C[C@H](OC(=O)[C@H](C)N(C)C(=O)CCSC(=O)N(C)CCN(C)C(=O)OCc1ccc(NC(=O)OC3/C=C/CCCCC3)c(C(=O)NCCN3C(=O)C=CC3=O)c1)[C@]1(C)OC1[C@H](C)[C@@H]1C[C@@](O)(NC(=O)O1)[C@H](OC)/C=C/C=C(\C)C2. The van der Waals surface area contributed by atoms with E-state index in [1.54, 1.807) is 44.2 Å². The fourth-order valence-electron chi connectivity index (χ4n) is 11.0. The zero-order valence-corrected chi connectivity index (χ0v) is 55.1. The van der Waals surface area contributed by atoms with Crippen LogP contribution in [0.3, 0.4) is 0 Å². The molecule has 2 aromatic rings. The van der Waals surface area contributed by atoms with Crippen LogP contribution in [0, 0.1) is 5.92 Å². The Balaban J connectivity index is 0.927. The average molecular weight is 1320 g/mol. The van der Waals surface area contributed by atoms with Crippen LogP contribution in [0.1, 0.15) is 101 Å². The molecular formula is C64H83ClN8O18S. The summed E-state index contributed by atoms with van der Waals surface area (Å²) in [5.74, 6) is -3.86. The number of carbonyl (C=O) groups excluding carboxylic acids is 10. The number of allylic oxidation sites excluding steroid dienone is 4. The van der Waals surface area contributed by atoms with Gasteiger partial charge in [0.15, 0.2) is 5.72 Å². The Morgan fingerprint density at radius 3 is 2.41 bits per heavy atom. The van der Waals surface area contributed by atoms with Gasteiger partial charge in [-0.05, 0) is 94.3 Å². The number of thioether (sulfide) groups is 1. The lowest BCUT2D eigenvalue weighted by atomic mass is 9.83. The summed E-state index contributed by atoms with van der Waals surface area (Å²) in [7, 11) is 8.78. The molecule has 4 N–H and O–H groups in total. The number of esters is 1. The van der Waals surface area contributed by atoms with Crippen LogP contribution < -0.4 is 25.6 Å². The number of aliphatic hydroxyl groups is 1. The van der Waals surface area contributed by atoms with Gasteiger partial charge < -0.3 is 63.2 Å². The molecule has 2 unspecified atom stereocenters. The number of alkyl carbamates (subject to hydrolysis) is 1. The number of methoxy groups -OCH3 is 2. The largest absolute Gasteiger partial charge is 0.495 e. The average Bonchev–Trinajstić information content (AvgIpc) is 1.56. The van der Waals surface area contributed by atoms with E-state index in [0.29, 0.717) is 29.8 Å². The van der Waals surface area contributed by atoms with E-state index in [1.165, 1.54) is 81.1 Å². The number of nitrogens with one attached hydrogen (secondary N) is 3. The molecule has 7 rings (SSSR count). The summed E-state index contributed by atoms with van der Waals surface area (Å²) in [5, 5.41) is 19.5. The highest BCUT2D eigenvalue weighted by molar-refractivity contribution is 8.13. The monoisotopic (exact) mass is 1320 g/mol. The molecular weight excluding hydrogens is 1240 g/mol. The number of amides is 9. The molecule has 0 spiro atoms. The molecule has 9 atom stereocenters. The fraction of sp³-hybridized carbons (Fsp3) is 0.531. The van der Waals surface area contributed by atoms with Crippen molar-refractivity contribution in [2.75, 3.05) is 84.6 Å². The Morgan fingerprint density at radius 2 is 1.70 bits per heavy atom. The number of nitrogens with zero attached hydrogens (tertiary/aromatic N) is 5. The van der Waals surface area contributed by atoms with Crippen LogP contribution in [0.5, 0.6) is 5.75 Å². The molecule has 26 nitrogen and oxygen atoms in total. The van der Waals surface area contributed by atoms with Crippen molar-refractivity contribution in [1.29, 1.82) is 0 Å². The van der Waals surface area contributed by atoms with Gasteiger partial charge in [-0.3, -0.25) is 44.3 Å². The molecule has 4 bridgehead atoms. The van der Waals surface area contributed by atoms with Crippen molar-refractivity contribution in [3.05, 3.63) is 100 Å². The number of imide groups is 1. The van der Waals surface area contributed by atoms with Crippen molar-refractivity contribution in [2.45, 2.75) is 140 Å². The molecule has 2 aromatic carbocycles. The van der Waals surface area contributed by atoms with Gasteiger partial charge in [0.05, 0.1) is 36.6 Å². The third-order valence-electron chi connectivity index (χ3n) is 16.9. The van der Waals surface area contributed by atoms with Crippen LogP contribution >= 0.6 is 23.4 Å². The third kappa shape index (κ3) is 18.4. The normalized spacial score (nSPS) is 25.6.